The Morgan fingerprint density at radius 3 is 2.35 bits per heavy atom. The molecule has 2 rings (SSSR count). The number of nitrogens with zero attached hydrogens (tertiary/aromatic N) is 1. The molecule has 1 aromatic carbocycles. The Bertz CT molecular complexity index is 504. The molecule has 0 radical (unpaired) electrons. The summed E-state index contributed by atoms with van der Waals surface area (Å²) in [6.45, 7) is 9.06. The Hall–Kier alpha value is -1.39. The van der Waals surface area contributed by atoms with Gasteiger partial charge in [0.2, 0.25) is 0 Å². The highest BCUT2D eigenvalue weighted by atomic mass is 16.1. The third kappa shape index (κ3) is 4.55. The molecule has 1 aromatic rings. The van der Waals surface area contributed by atoms with E-state index in [1.807, 2.05) is 12.1 Å². The van der Waals surface area contributed by atoms with Crippen LogP contribution in [0.2, 0.25) is 0 Å². The van der Waals surface area contributed by atoms with E-state index in [9.17, 15) is 4.79 Å². The predicted octanol–water partition coefficient (Wildman–Crippen LogP) is 2.92. The van der Waals surface area contributed by atoms with Crippen LogP contribution in [0, 0.1) is 0 Å². The highest BCUT2D eigenvalue weighted by Crippen LogP contribution is 2.29. The molecule has 1 saturated carbocycles. The number of carbonyl (C=O) groups excluding carboxylic acids is 1. The Labute approximate surface area is 140 Å². The van der Waals surface area contributed by atoms with Crippen LogP contribution in [0.25, 0.3) is 0 Å². The number of nitrogens with two attached hydrogens (primary N) is 1. The first-order valence-electron chi connectivity index (χ1n) is 8.85. The number of hydrogen-bond acceptors (Lipinski definition) is 3. The molecule has 1 fully saturated rings. The lowest BCUT2D eigenvalue weighted by molar-refractivity contribution is 0.0903. The normalized spacial score (nSPS) is 17.0. The van der Waals surface area contributed by atoms with Gasteiger partial charge in [0.25, 0.3) is 5.91 Å². The zero-order valence-electron chi connectivity index (χ0n) is 14.8. The van der Waals surface area contributed by atoms with Crippen LogP contribution >= 0.6 is 0 Å². The maximum absolute atomic E-state index is 12.5. The summed E-state index contributed by atoms with van der Waals surface area (Å²) in [6.07, 6.45) is 4.29. The minimum Gasteiger partial charge on any atom is -0.345 e. The van der Waals surface area contributed by atoms with E-state index in [2.05, 4.69) is 43.1 Å². The minimum absolute atomic E-state index is 0.0000993. The standard InChI is InChI=1S/C19H31N3O/c1-4-22(15(2)3)13-16-7-9-17(10-8-16)18(23)21-19(14-20)11-5-6-12-19/h7-10,15H,4-6,11-14,20H2,1-3H3,(H,21,23). The fraction of sp³-hybridized carbons (Fsp3) is 0.632. The lowest BCUT2D eigenvalue weighted by Gasteiger charge is -2.28. The van der Waals surface area contributed by atoms with Crippen molar-refractivity contribution in [2.24, 2.45) is 5.73 Å². The highest BCUT2D eigenvalue weighted by Gasteiger charge is 2.33. The minimum atomic E-state index is -0.188. The molecule has 4 nitrogen and oxygen atoms in total. The van der Waals surface area contributed by atoms with Crippen LogP contribution in [-0.2, 0) is 6.54 Å². The first kappa shape index (κ1) is 18.0. The molecule has 3 N–H and O–H groups in total. The van der Waals surface area contributed by atoms with Crippen LogP contribution in [0.3, 0.4) is 0 Å². The zero-order valence-corrected chi connectivity index (χ0v) is 14.8. The van der Waals surface area contributed by atoms with Gasteiger partial charge in [0.1, 0.15) is 0 Å². The number of hydrogen-bond donors (Lipinski definition) is 2. The lowest BCUT2D eigenvalue weighted by atomic mass is 9.97. The molecular formula is C19H31N3O. The van der Waals surface area contributed by atoms with Crippen molar-refractivity contribution in [3.63, 3.8) is 0 Å². The van der Waals surface area contributed by atoms with E-state index in [-0.39, 0.29) is 11.4 Å². The number of amides is 1. The van der Waals surface area contributed by atoms with Gasteiger partial charge in [-0.15, -0.1) is 0 Å². The number of rotatable bonds is 7. The van der Waals surface area contributed by atoms with Gasteiger partial charge >= 0.3 is 0 Å². The molecule has 23 heavy (non-hydrogen) atoms. The first-order valence-corrected chi connectivity index (χ1v) is 8.85. The second-order valence-electron chi connectivity index (χ2n) is 7.00. The van der Waals surface area contributed by atoms with Gasteiger partial charge in [0.15, 0.2) is 0 Å². The summed E-state index contributed by atoms with van der Waals surface area (Å²) in [6, 6.07) is 8.50. The van der Waals surface area contributed by atoms with Crippen molar-refractivity contribution in [1.82, 2.24) is 10.2 Å². The van der Waals surface area contributed by atoms with Crippen molar-refractivity contribution in [3.8, 4) is 0 Å². The molecule has 1 aliphatic rings. The molecule has 0 aliphatic heterocycles. The third-order valence-corrected chi connectivity index (χ3v) is 5.07. The van der Waals surface area contributed by atoms with Crippen molar-refractivity contribution < 1.29 is 4.79 Å². The Morgan fingerprint density at radius 2 is 1.87 bits per heavy atom. The van der Waals surface area contributed by atoms with E-state index >= 15 is 0 Å². The van der Waals surface area contributed by atoms with Gasteiger partial charge in [0.05, 0.1) is 5.54 Å². The monoisotopic (exact) mass is 317 g/mol. The van der Waals surface area contributed by atoms with Crippen molar-refractivity contribution in [3.05, 3.63) is 35.4 Å². The average Bonchev–Trinajstić information content (AvgIpc) is 3.01. The molecule has 0 unspecified atom stereocenters. The van der Waals surface area contributed by atoms with Crippen LogP contribution in [0.15, 0.2) is 24.3 Å². The van der Waals surface area contributed by atoms with Crippen LogP contribution < -0.4 is 11.1 Å². The molecule has 0 atom stereocenters. The number of carbonyl (C=O) groups is 1. The maximum Gasteiger partial charge on any atom is 0.251 e. The smallest absolute Gasteiger partial charge is 0.251 e. The first-order chi connectivity index (χ1) is 11.0. The molecule has 0 bridgehead atoms. The molecule has 1 aliphatic carbocycles. The molecule has 128 valence electrons. The Morgan fingerprint density at radius 1 is 1.26 bits per heavy atom. The van der Waals surface area contributed by atoms with Gasteiger partial charge in [-0.05, 0) is 50.9 Å². The maximum atomic E-state index is 12.5. The summed E-state index contributed by atoms with van der Waals surface area (Å²) >= 11 is 0. The average molecular weight is 317 g/mol. The van der Waals surface area contributed by atoms with E-state index in [0.717, 1.165) is 44.3 Å². The van der Waals surface area contributed by atoms with Crippen LogP contribution in [0.4, 0.5) is 0 Å². The topological polar surface area (TPSA) is 58.4 Å². The number of nitrogens with one attached hydrogen (secondary N) is 1. The van der Waals surface area contributed by atoms with Crippen LogP contribution in [0.5, 0.6) is 0 Å². The van der Waals surface area contributed by atoms with Crippen LogP contribution in [-0.4, -0.2) is 35.5 Å². The second-order valence-corrected chi connectivity index (χ2v) is 7.00. The molecule has 0 spiro atoms. The quantitative estimate of drug-likeness (QED) is 0.813. The van der Waals surface area contributed by atoms with Crippen molar-refractivity contribution in [1.29, 1.82) is 0 Å². The largest absolute Gasteiger partial charge is 0.345 e. The number of benzene rings is 1. The summed E-state index contributed by atoms with van der Waals surface area (Å²) in [4.78, 5) is 14.9. The van der Waals surface area contributed by atoms with Crippen molar-refractivity contribution >= 4 is 5.91 Å². The SMILES string of the molecule is CCN(Cc1ccc(C(=O)NC2(CN)CCCC2)cc1)C(C)C. The van der Waals surface area contributed by atoms with Gasteiger partial charge < -0.3 is 11.1 Å². The van der Waals surface area contributed by atoms with E-state index in [1.165, 1.54) is 5.56 Å². The highest BCUT2D eigenvalue weighted by molar-refractivity contribution is 5.94. The third-order valence-electron chi connectivity index (χ3n) is 5.07. The fourth-order valence-corrected chi connectivity index (χ4v) is 3.40. The molecule has 0 saturated heterocycles. The van der Waals surface area contributed by atoms with E-state index in [1.54, 1.807) is 0 Å². The summed E-state index contributed by atoms with van der Waals surface area (Å²) in [5, 5.41) is 3.17. The molecule has 4 heteroatoms. The molecule has 0 aromatic heterocycles. The summed E-state index contributed by atoms with van der Waals surface area (Å²) in [5.74, 6) is 0.0000993. The van der Waals surface area contributed by atoms with Gasteiger partial charge in [-0.3, -0.25) is 9.69 Å². The Balaban J connectivity index is 2.00. The fourth-order valence-electron chi connectivity index (χ4n) is 3.40. The summed E-state index contributed by atoms with van der Waals surface area (Å²) < 4.78 is 0. The molecule has 0 heterocycles. The van der Waals surface area contributed by atoms with E-state index < -0.39 is 0 Å². The van der Waals surface area contributed by atoms with E-state index in [0.29, 0.717) is 12.6 Å². The van der Waals surface area contributed by atoms with Crippen molar-refractivity contribution in [2.45, 2.75) is 64.6 Å². The van der Waals surface area contributed by atoms with Crippen LogP contribution in [0.1, 0.15) is 62.4 Å². The second kappa shape index (κ2) is 7.93. The summed E-state index contributed by atoms with van der Waals surface area (Å²) in [7, 11) is 0. The summed E-state index contributed by atoms with van der Waals surface area (Å²) in [5.41, 5.74) is 7.67. The molecular weight excluding hydrogens is 286 g/mol. The van der Waals surface area contributed by atoms with E-state index in [4.69, 9.17) is 5.73 Å². The lowest BCUT2D eigenvalue weighted by Crippen LogP contribution is -2.51. The van der Waals surface area contributed by atoms with Crippen molar-refractivity contribution in [2.75, 3.05) is 13.1 Å². The van der Waals surface area contributed by atoms with Gasteiger partial charge in [-0.25, -0.2) is 0 Å². The zero-order chi connectivity index (χ0) is 16.9. The predicted molar refractivity (Wildman–Crippen MR) is 95.4 cm³/mol. The van der Waals surface area contributed by atoms with Gasteiger partial charge in [0, 0.05) is 24.7 Å². The van der Waals surface area contributed by atoms with Gasteiger partial charge in [-0.2, -0.15) is 0 Å². The molecule has 1 amide bonds. The van der Waals surface area contributed by atoms with Gasteiger partial charge in [-0.1, -0.05) is 31.9 Å². The Kier molecular flexibility index (Phi) is 6.19.